The minimum atomic E-state index is -0.0621. The lowest BCUT2D eigenvalue weighted by Gasteiger charge is -2.10. The van der Waals surface area contributed by atoms with E-state index in [0.29, 0.717) is 28.8 Å². The summed E-state index contributed by atoms with van der Waals surface area (Å²) in [6, 6.07) is 8.55. The van der Waals surface area contributed by atoms with Gasteiger partial charge in [0.15, 0.2) is 0 Å². The molecule has 0 radical (unpaired) electrons. The molecule has 22 heavy (non-hydrogen) atoms. The van der Waals surface area contributed by atoms with Gasteiger partial charge in [0, 0.05) is 0 Å². The normalized spacial score (nSPS) is 10.1. The fourth-order valence-electron chi connectivity index (χ4n) is 1.67. The van der Waals surface area contributed by atoms with Crippen molar-refractivity contribution in [2.24, 2.45) is 0 Å². The molecule has 7 heteroatoms. The van der Waals surface area contributed by atoms with Crippen LogP contribution in [-0.2, 0) is 0 Å². The number of aromatic nitrogens is 2. The number of benzene rings is 1. The summed E-state index contributed by atoms with van der Waals surface area (Å²) in [6.07, 6.45) is 0. The Morgan fingerprint density at radius 2 is 1.77 bits per heavy atom. The Morgan fingerprint density at radius 1 is 1.14 bits per heavy atom. The van der Waals surface area contributed by atoms with Gasteiger partial charge in [0.1, 0.15) is 5.75 Å². The lowest BCUT2D eigenvalue weighted by atomic mass is 10.2. The zero-order valence-electron chi connectivity index (χ0n) is 12.5. The summed E-state index contributed by atoms with van der Waals surface area (Å²) in [5.41, 5.74) is 0.472. The molecule has 2 rings (SSSR count). The monoisotopic (exact) mass is 320 g/mol. The molecule has 0 saturated carbocycles. The highest BCUT2D eigenvalue weighted by atomic mass is 32.2. The van der Waals surface area contributed by atoms with Crippen molar-refractivity contribution in [2.75, 3.05) is 20.0 Å². The number of methoxy groups -OCH3 is 2. The van der Waals surface area contributed by atoms with E-state index in [-0.39, 0.29) is 11.1 Å². The molecule has 2 aromatic rings. The van der Waals surface area contributed by atoms with Gasteiger partial charge in [-0.1, -0.05) is 30.8 Å². The van der Waals surface area contributed by atoms with Crippen LogP contribution in [0.5, 0.6) is 23.5 Å². The van der Waals surface area contributed by atoms with Crippen LogP contribution in [0, 0.1) is 0 Å². The van der Waals surface area contributed by atoms with Crippen molar-refractivity contribution in [3.05, 3.63) is 35.9 Å². The van der Waals surface area contributed by atoms with Crippen LogP contribution in [0.4, 0.5) is 0 Å². The molecule has 0 amide bonds. The van der Waals surface area contributed by atoms with E-state index >= 15 is 0 Å². The van der Waals surface area contributed by atoms with Crippen LogP contribution < -0.4 is 14.2 Å². The van der Waals surface area contributed by atoms with E-state index in [1.807, 2.05) is 6.92 Å². The first-order valence-corrected chi connectivity index (χ1v) is 7.57. The molecule has 0 aliphatic carbocycles. The minimum absolute atomic E-state index is 0.0537. The number of hydrogen-bond donors (Lipinski definition) is 0. The molecule has 0 aliphatic rings. The average Bonchev–Trinajstić information content (AvgIpc) is 2.55. The molecule has 0 fully saturated rings. The minimum Gasteiger partial charge on any atom is -0.481 e. The largest absolute Gasteiger partial charge is 0.481 e. The second-order valence-electron chi connectivity index (χ2n) is 4.05. The number of nitrogens with zero attached hydrogens (tertiary/aromatic N) is 2. The van der Waals surface area contributed by atoms with Crippen LogP contribution in [0.2, 0.25) is 0 Å². The molecule has 116 valence electrons. The Balaban J connectivity index is 2.33. The fraction of sp³-hybridized carbons (Fsp3) is 0.267. The van der Waals surface area contributed by atoms with Crippen molar-refractivity contribution < 1.29 is 19.0 Å². The third-order valence-electron chi connectivity index (χ3n) is 2.66. The van der Waals surface area contributed by atoms with Crippen molar-refractivity contribution in [1.82, 2.24) is 9.97 Å². The van der Waals surface area contributed by atoms with Crippen LogP contribution in [0.25, 0.3) is 0 Å². The average molecular weight is 320 g/mol. The van der Waals surface area contributed by atoms with Gasteiger partial charge in [0.05, 0.1) is 25.8 Å². The molecule has 0 bridgehead atoms. The van der Waals surface area contributed by atoms with E-state index in [2.05, 4.69) is 9.97 Å². The Morgan fingerprint density at radius 3 is 2.36 bits per heavy atom. The third-order valence-corrected chi connectivity index (χ3v) is 3.43. The van der Waals surface area contributed by atoms with Crippen molar-refractivity contribution in [3.8, 4) is 23.5 Å². The zero-order chi connectivity index (χ0) is 15.9. The molecule has 0 spiro atoms. The van der Waals surface area contributed by atoms with E-state index < -0.39 is 0 Å². The highest BCUT2D eigenvalue weighted by Gasteiger charge is 2.15. The highest BCUT2D eigenvalue weighted by molar-refractivity contribution is 8.14. The molecule has 0 aliphatic heterocycles. The van der Waals surface area contributed by atoms with Crippen molar-refractivity contribution in [2.45, 2.75) is 6.92 Å². The lowest BCUT2D eigenvalue weighted by molar-refractivity contribution is 0.108. The summed E-state index contributed by atoms with van der Waals surface area (Å²) in [4.78, 5) is 20.3. The summed E-state index contributed by atoms with van der Waals surface area (Å²) in [7, 11) is 2.97. The smallest absolute Gasteiger partial charge is 0.328 e. The summed E-state index contributed by atoms with van der Waals surface area (Å²) in [5.74, 6) is 1.71. The van der Waals surface area contributed by atoms with Gasteiger partial charge in [-0.05, 0) is 17.9 Å². The van der Waals surface area contributed by atoms with Gasteiger partial charge < -0.3 is 14.2 Å². The summed E-state index contributed by atoms with van der Waals surface area (Å²) < 4.78 is 15.8. The number of ether oxygens (including phenoxy) is 3. The third kappa shape index (κ3) is 3.88. The van der Waals surface area contributed by atoms with Gasteiger partial charge in [-0.15, -0.1) is 0 Å². The molecule has 0 N–H and O–H groups in total. The van der Waals surface area contributed by atoms with Gasteiger partial charge in [0.25, 0.3) is 0 Å². The maximum atomic E-state index is 12.1. The molecule has 1 aromatic heterocycles. The summed E-state index contributed by atoms with van der Waals surface area (Å²) >= 11 is 1.22. The van der Waals surface area contributed by atoms with Crippen molar-refractivity contribution >= 4 is 16.9 Å². The number of para-hydroxylation sites is 1. The molecule has 0 unspecified atom stereocenters. The Hall–Kier alpha value is -2.28. The number of thioether (sulfide) groups is 1. The number of carbonyl (C=O) groups is 1. The Kier molecular flexibility index (Phi) is 5.60. The predicted octanol–water partition coefficient (Wildman–Crippen LogP) is 3.18. The van der Waals surface area contributed by atoms with Crippen LogP contribution in [0.1, 0.15) is 17.3 Å². The van der Waals surface area contributed by atoms with Crippen molar-refractivity contribution in [1.29, 1.82) is 0 Å². The predicted molar refractivity (Wildman–Crippen MR) is 84.1 cm³/mol. The zero-order valence-corrected chi connectivity index (χ0v) is 13.3. The van der Waals surface area contributed by atoms with Gasteiger partial charge in [0.2, 0.25) is 16.9 Å². The maximum absolute atomic E-state index is 12.1. The van der Waals surface area contributed by atoms with Gasteiger partial charge in [-0.25, -0.2) is 0 Å². The van der Waals surface area contributed by atoms with Crippen molar-refractivity contribution in [3.63, 3.8) is 0 Å². The standard InChI is InChI=1S/C15H16N2O4S/c1-4-22-14(18)10-7-5-6-8-11(10)21-15-16-12(19-2)9-13(17-15)20-3/h5-9H,4H2,1-3H3. The lowest BCUT2D eigenvalue weighted by Crippen LogP contribution is -2.01. The van der Waals surface area contributed by atoms with E-state index in [1.54, 1.807) is 24.3 Å². The Labute approximate surface area is 132 Å². The van der Waals surface area contributed by atoms with Crippen LogP contribution >= 0.6 is 11.8 Å². The Bertz CT molecular complexity index is 641. The second-order valence-corrected chi connectivity index (χ2v) is 5.29. The van der Waals surface area contributed by atoms with Gasteiger partial charge in [-0.2, -0.15) is 9.97 Å². The molecule has 1 aromatic carbocycles. The van der Waals surface area contributed by atoms with E-state index in [9.17, 15) is 4.79 Å². The van der Waals surface area contributed by atoms with Crippen LogP contribution in [0.15, 0.2) is 30.3 Å². The maximum Gasteiger partial charge on any atom is 0.328 e. The molecule has 0 atom stereocenters. The highest BCUT2D eigenvalue weighted by Crippen LogP contribution is 2.28. The topological polar surface area (TPSA) is 70.5 Å². The van der Waals surface area contributed by atoms with Gasteiger partial charge in [-0.3, -0.25) is 4.79 Å². The first-order valence-electron chi connectivity index (χ1n) is 6.59. The number of carbonyl (C=O) groups excluding carboxylic acids is 1. The second kappa shape index (κ2) is 7.65. The van der Waals surface area contributed by atoms with Gasteiger partial charge >= 0.3 is 6.01 Å². The number of rotatable bonds is 6. The van der Waals surface area contributed by atoms with E-state index in [4.69, 9.17) is 14.2 Å². The van der Waals surface area contributed by atoms with Crippen LogP contribution in [-0.4, -0.2) is 35.1 Å². The SMILES string of the molecule is CCSC(=O)c1ccccc1Oc1nc(OC)cc(OC)n1. The molecule has 6 nitrogen and oxygen atoms in total. The number of hydrogen-bond acceptors (Lipinski definition) is 7. The summed E-state index contributed by atoms with van der Waals surface area (Å²) in [6.45, 7) is 1.92. The molecular weight excluding hydrogens is 304 g/mol. The summed E-state index contributed by atoms with van der Waals surface area (Å²) in [5, 5.41) is -0.0621. The first kappa shape index (κ1) is 16.1. The van der Waals surface area contributed by atoms with Crippen LogP contribution in [0.3, 0.4) is 0 Å². The van der Waals surface area contributed by atoms with E-state index in [1.165, 1.54) is 32.0 Å². The molecule has 1 heterocycles. The molecule has 0 saturated heterocycles. The van der Waals surface area contributed by atoms with E-state index in [0.717, 1.165) is 0 Å². The molecular formula is C15H16N2O4S. The quantitative estimate of drug-likeness (QED) is 0.809. The fourth-order valence-corrected chi connectivity index (χ4v) is 2.26. The first-order chi connectivity index (χ1) is 10.7.